The standard InChI is InChI=1S/C28H27NO4/c1-17-8-10-23-22(14-17)28(4,20-9-11-24-18(15-20)12-13-27(2,3)33-24)26(32)29(23)21-7-5-6-19(16-21)25(30)31/h5-11,14-16H,12-13H2,1-4H3,(H,30,31)/t28-/m0/s1. The van der Waals surface area contributed by atoms with Gasteiger partial charge in [-0.05, 0) is 87.6 Å². The summed E-state index contributed by atoms with van der Waals surface area (Å²) in [6.45, 7) is 8.16. The lowest BCUT2D eigenvalue weighted by atomic mass is 9.76. The molecule has 0 aromatic heterocycles. The third-order valence-electron chi connectivity index (χ3n) is 6.93. The van der Waals surface area contributed by atoms with E-state index in [1.165, 1.54) is 6.07 Å². The van der Waals surface area contributed by atoms with Crippen molar-refractivity contribution in [1.29, 1.82) is 0 Å². The van der Waals surface area contributed by atoms with Crippen molar-refractivity contribution in [1.82, 2.24) is 0 Å². The maximum absolute atomic E-state index is 14.1. The fourth-order valence-corrected chi connectivity index (χ4v) is 4.98. The molecule has 3 aromatic carbocycles. The number of nitrogens with zero attached hydrogens (tertiary/aromatic N) is 1. The Balaban J connectivity index is 1.66. The molecule has 1 amide bonds. The van der Waals surface area contributed by atoms with Gasteiger partial charge < -0.3 is 9.84 Å². The van der Waals surface area contributed by atoms with Crippen LogP contribution in [-0.2, 0) is 16.6 Å². The Morgan fingerprint density at radius 1 is 1.03 bits per heavy atom. The number of ether oxygens (including phenoxy) is 1. The highest BCUT2D eigenvalue weighted by Crippen LogP contribution is 2.50. The fourth-order valence-electron chi connectivity index (χ4n) is 4.98. The van der Waals surface area contributed by atoms with Crippen molar-refractivity contribution in [2.75, 3.05) is 4.90 Å². The number of carboxylic acid groups (broad SMARTS) is 1. The molecule has 2 aliphatic heterocycles. The van der Waals surface area contributed by atoms with Crippen LogP contribution in [0.25, 0.3) is 0 Å². The largest absolute Gasteiger partial charge is 0.488 e. The highest BCUT2D eigenvalue weighted by molar-refractivity contribution is 6.15. The number of aromatic carboxylic acids is 1. The monoisotopic (exact) mass is 441 g/mol. The molecule has 0 unspecified atom stereocenters. The van der Waals surface area contributed by atoms with Crippen molar-refractivity contribution in [2.24, 2.45) is 0 Å². The van der Waals surface area contributed by atoms with Crippen molar-refractivity contribution in [3.05, 3.63) is 88.5 Å². The Kier molecular flexibility index (Phi) is 4.64. The third-order valence-corrected chi connectivity index (χ3v) is 6.93. The van der Waals surface area contributed by atoms with Gasteiger partial charge in [-0.15, -0.1) is 0 Å². The lowest BCUT2D eigenvalue weighted by Gasteiger charge is -2.34. The summed E-state index contributed by atoms with van der Waals surface area (Å²) < 4.78 is 6.16. The van der Waals surface area contributed by atoms with Crippen LogP contribution in [0, 0.1) is 6.92 Å². The van der Waals surface area contributed by atoms with Gasteiger partial charge >= 0.3 is 5.97 Å². The van der Waals surface area contributed by atoms with E-state index in [4.69, 9.17) is 4.74 Å². The van der Waals surface area contributed by atoms with Crippen molar-refractivity contribution in [3.8, 4) is 5.75 Å². The number of hydrogen-bond acceptors (Lipinski definition) is 3. The molecule has 0 fully saturated rings. The van der Waals surface area contributed by atoms with Gasteiger partial charge in [0.2, 0.25) is 5.91 Å². The third kappa shape index (κ3) is 3.30. The van der Waals surface area contributed by atoms with Crippen LogP contribution in [0.4, 0.5) is 11.4 Å². The van der Waals surface area contributed by atoms with Crippen LogP contribution in [0.1, 0.15) is 59.8 Å². The van der Waals surface area contributed by atoms with E-state index in [0.29, 0.717) is 5.69 Å². The molecular weight excluding hydrogens is 414 g/mol. The van der Waals surface area contributed by atoms with Gasteiger partial charge in [-0.1, -0.05) is 35.9 Å². The predicted octanol–water partition coefficient (Wildman–Crippen LogP) is 5.78. The zero-order valence-electron chi connectivity index (χ0n) is 19.3. The molecule has 0 bridgehead atoms. The number of aryl methyl sites for hydroxylation is 2. The van der Waals surface area contributed by atoms with Crippen LogP contribution in [0.5, 0.6) is 5.75 Å². The number of rotatable bonds is 3. The van der Waals surface area contributed by atoms with Crippen LogP contribution in [0.3, 0.4) is 0 Å². The van der Waals surface area contributed by atoms with Crippen LogP contribution in [-0.4, -0.2) is 22.6 Å². The molecular formula is C28H27NO4. The maximum atomic E-state index is 14.1. The SMILES string of the molecule is Cc1ccc2c(c1)[C@](C)(c1ccc3c(c1)CCC(C)(C)O3)C(=O)N2c1cccc(C(=O)O)c1. The molecule has 0 aliphatic carbocycles. The van der Waals surface area contributed by atoms with E-state index < -0.39 is 11.4 Å². The topological polar surface area (TPSA) is 66.8 Å². The summed E-state index contributed by atoms with van der Waals surface area (Å²) in [6, 6.07) is 18.6. The lowest BCUT2D eigenvalue weighted by molar-refractivity contribution is -0.120. The van der Waals surface area contributed by atoms with Gasteiger partial charge in [-0.2, -0.15) is 0 Å². The molecule has 3 aromatic rings. The molecule has 33 heavy (non-hydrogen) atoms. The van der Waals surface area contributed by atoms with Crippen molar-refractivity contribution in [3.63, 3.8) is 0 Å². The van der Waals surface area contributed by atoms with E-state index in [-0.39, 0.29) is 17.1 Å². The summed E-state index contributed by atoms with van der Waals surface area (Å²) in [5, 5.41) is 9.46. The van der Waals surface area contributed by atoms with Crippen molar-refractivity contribution < 1.29 is 19.4 Å². The molecule has 2 aliphatic rings. The maximum Gasteiger partial charge on any atom is 0.335 e. The van der Waals surface area contributed by atoms with E-state index in [1.807, 2.05) is 38.1 Å². The molecule has 0 radical (unpaired) electrons. The van der Waals surface area contributed by atoms with E-state index in [2.05, 4.69) is 26.0 Å². The number of fused-ring (bicyclic) bond motifs is 2. The Bertz CT molecular complexity index is 1310. The molecule has 0 saturated carbocycles. The first-order chi connectivity index (χ1) is 15.6. The molecule has 1 N–H and O–H groups in total. The van der Waals surface area contributed by atoms with Crippen LogP contribution in [0.15, 0.2) is 60.7 Å². The van der Waals surface area contributed by atoms with Gasteiger partial charge in [-0.25, -0.2) is 4.79 Å². The van der Waals surface area contributed by atoms with Crippen LogP contribution in [0.2, 0.25) is 0 Å². The summed E-state index contributed by atoms with van der Waals surface area (Å²) in [4.78, 5) is 27.3. The number of benzene rings is 3. The average Bonchev–Trinajstić information content (AvgIpc) is 3.00. The number of amides is 1. The van der Waals surface area contributed by atoms with E-state index >= 15 is 0 Å². The van der Waals surface area contributed by atoms with Gasteiger partial charge in [-0.3, -0.25) is 9.69 Å². The summed E-state index contributed by atoms with van der Waals surface area (Å²) in [7, 11) is 0. The lowest BCUT2D eigenvalue weighted by Crippen LogP contribution is -2.37. The molecule has 5 heteroatoms. The fraction of sp³-hybridized carbons (Fsp3) is 0.286. The minimum absolute atomic E-state index is 0.0948. The van der Waals surface area contributed by atoms with E-state index in [0.717, 1.165) is 46.5 Å². The number of carboxylic acids is 1. The van der Waals surface area contributed by atoms with Gasteiger partial charge in [0.1, 0.15) is 11.4 Å². The van der Waals surface area contributed by atoms with Crippen LogP contribution < -0.4 is 9.64 Å². The second-order valence-corrected chi connectivity index (χ2v) is 9.83. The van der Waals surface area contributed by atoms with Crippen molar-refractivity contribution in [2.45, 2.75) is 51.6 Å². The zero-order valence-corrected chi connectivity index (χ0v) is 19.3. The number of anilines is 2. The molecule has 168 valence electrons. The molecule has 0 saturated heterocycles. The number of hydrogen-bond donors (Lipinski definition) is 1. The highest BCUT2D eigenvalue weighted by Gasteiger charge is 2.49. The summed E-state index contributed by atoms with van der Waals surface area (Å²) in [5.41, 5.74) is 4.40. The molecule has 2 heterocycles. The normalized spacial score (nSPS) is 20.7. The first kappa shape index (κ1) is 21.3. The molecule has 5 nitrogen and oxygen atoms in total. The summed E-state index contributed by atoms with van der Waals surface area (Å²) in [5.74, 6) is -0.241. The summed E-state index contributed by atoms with van der Waals surface area (Å²) >= 11 is 0. The quantitative estimate of drug-likeness (QED) is 0.559. The van der Waals surface area contributed by atoms with E-state index in [9.17, 15) is 14.7 Å². The second kappa shape index (κ2) is 7.20. The first-order valence-electron chi connectivity index (χ1n) is 11.2. The van der Waals surface area contributed by atoms with Gasteiger partial charge in [0.05, 0.1) is 16.7 Å². The summed E-state index contributed by atoms with van der Waals surface area (Å²) in [6.07, 6.45) is 1.81. The number of carbonyl (C=O) groups is 2. The highest BCUT2D eigenvalue weighted by atomic mass is 16.5. The van der Waals surface area contributed by atoms with Crippen molar-refractivity contribution >= 4 is 23.3 Å². The van der Waals surface area contributed by atoms with E-state index in [1.54, 1.807) is 23.1 Å². The van der Waals surface area contributed by atoms with Gasteiger partial charge in [0.15, 0.2) is 0 Å². The Morgan fingerprint density at radius 2 is 1.82 bits per heavy atom. The average molecular weight is 442 g/mol. The minimum atomic E-state index is -1.02. The van der Waals surface area contributed by atoms with Crippen LogP contribution >= 0.6 is 0 Å². The van der Waals surface area contributed by atoms with Gasteiger partial charge in [0, 0.05) is 5.69 Å². The molecule has 5 rings (SSSR count). The Labute approximate surface area is 193 Å². The smallest absolute Gasteiger partial charge is 0.335 e. The first-order valence-corrected chi connectivity index (χ1v) is 11.2. The zero-order chi connectivity index (χ0) is 23.5. The second-order valence-electron chi connectivity index (χ2n) is 9.83. The Hall–Kier alpha value is -3.60. The van der Waals surface area contributed by atoms with Gasteiger partial charge in [0.25, 0.3) is 0 Å². The predicted molar refractivity (Wildman–Crippen MR) is 128 cm³/mol. The molecule has 1 atom stereocenters. The number of carbonyl (C=O) groups excluding carboxylic acids is 1. The minimum Gasteiger partial charge on any atom is -0.488 e. The Morgan fingerprint density at radius 3 is 2.58 bits per heavy atom. The molecule has 0 spiro atoms.